The third kappa shape index (κ3) is 1.39. The Labute approximate surface area is 78.8 Å². The average Bonchev–Trinajstić information content (AvgIpc) is 2.92. The van der Waals surface area contributed by atoms with Crippen molar-refractivity contribution in [2.45, 2.75) is 19.3 Å². The average molecular weight is 174 g/mol. The van der Waals surface area contributed by atoms with Crippen LogP contribution in [0.5, 0.6) is 0 Å². The second kappa shape index (κ2) is 3.33. The number of carbonyl (C=O) groups excluding carboxylic acids is 1. The van der Waals surface area contributed by atoms with Gasteiger partial charge in [0.15, 0.2) is 0 Å². The Morgan fingerprint density at radius 1 is 1.31 bits per heavy atom. The van der Waals surface area contributed by atoms with E-state index in [0.717, 1.165) is 12.7 Å². The van der Waals surface area contributed by atoms with Crippen LogP contribution < -0.4 is 0 Å². The second-order valence-corrected chi connectivity index (χ2v) is 3.72. The van der Waals surface area contributed by atoms with Gasteiger partial charge in [0.05, 0.1) is 0 Å². The van der Waals surface area contributed by atoms with Gasteiger partial charge in [-0.1, -0.05) is 43.7 Å². The largest absolute Gasteiger partial charge is 0.303 e. The lowest BCUT2D eigenvalue weighted by atomic mass is 10.1. The Morgan fingerprint density at radius 3 is 2.46 bits per heavy atom. The first-order chi connectivity index (χ1) is 6.38. The molecule has 0 radical (unpaired) electrons. The van der Waals surface area contributed by atoms with Gasteiger partial charge in [-0.2, -0.15) is 0 Å². The summed E-state index contributed by atoms with van der Waals surface area (Å²) < 4.78 is 0. The minimum Gasteiger partial charge on any atom is -0.303 e. The molecule has 1 heteroatoms. The molecule has 0 aromatic heterocycles. The van der Waals surface area contributed by atoms with Crippen LogP contribution in [0.25, 0.3) is 0 Å². The monoisotopic (exact) mass is 174 g/mol. The van der Waals surface area contributed by atoms with Gasteiger partial charge in [-0.05, 0) is 17.4 Å². The van der Waals surface area contributed by atoms with Crippen LogP contribution in [-0.2, 0) is 4.79 Å². The maximum atomic E-state index is 10.7. The summed E-state index contributed by atoms with van der Waals surface area (Å²) in [6, 6.07) is 10.3. The van der Waals surface area contributed by atoms with E-state index in [1.807, 2.05) is 18.2 Å². The molecule has 13 heavy (non-hydrogen) atoms. The summed E-state index contributed by atoms with van der Waals surface area (Å²) in [7, 11) is 0. The molecule has 1 aliphatic rings. The first-order valence-electron chi connectivity index (χ1n) is 4.88. The Balaban J connectivity index is 2.16. The minimum atomic E-state index is 0.285. The fourth-order valence-corrected chi connectivity index (χ4v) is 2.26. The van der Waals surface area contributed by atoms with Gasteiger partial charge in [0.1, 0.15) is 6.29 Å². The van der Waals surface area contributed by atoms with Crippen LogP contribution in [0.2, 0.25) is 0 Å². The molecule has 0 N–H and O–H groups in total. The highest BCUT2D eigenvalue weighted by atomic mass is 16.1. The van der Waals surface area contributed by atoms with E-state index in [1.165, 1.54) is 5.56 Å². The molecule has 1 aliphatic carbocycles. The zero-order valence-corrected chi connectivity index (χ0v) is 7.81. The second-order valence-electron chi connectivity index (χ2n) is 3.72. The predicted molar refractivity (Wildman–Crippen MR) is 52.5 cm³/mol. The molecule has 1 nitrogen and oxygen atoms in total. The Morgan fingerprint density at radius 2 is 2.00 bits per heavy atom. The van der Waals surface area contributed by atoms with Crippen LogP contribution in [0.3, 0.4) is 0 Å². The molecule has 0 spiro atoms. The van der Waals surface area contributed by atoms with Gasteiger partial charge < -0.3 is 4.79 Å². The number of rotatable bonds is 3. The highest BCUT2D eigenvalue weighted by Crippen LogP contribution is 2.54. The van der Waals surface area contributed by atoms with Crippen LogP contribution in [0.15, 0.2) is 30.3 Å². The molecule has 1 aromatic rings. The van der Waals surface area contributed by atoms with E-state index < -0.39 is 0 Å². The number of benzene rings is 1. The van der Waals surface area contributed by atoms with E-state index in [-0.39, 0.29) is 5.92 Å². The number of aldehydes is 1. The van der Waals surface area contributed by atoms with Crippen LogP contribution >= 0.6 is 0 Å². The molecule has 0 bridgehead atoms. The number of carbonyl (C=O) groups is 1. The summed E-state index contributed by atoms with van der Waals surface area (Å²) in [5.74, 6) is 1.39. The van der Waals surface area contributed by atoms with Gasteiger partial charge in [0.2, 0.25) is 0 Å². The van der Waals surface area contributed by atoms with E-state index in [4.69, 9.17) is 0 Å². The smallest absolute Gasteiger partial charge is 0.123 e. The van der Waals surface area contributed by atoms with Crippen molar-refractivity contribution in [3.8, 4) is 0 Å². The third-order valence-electron chi connectivity index (χ3n) is 3.04. The summed E-state index contributed by atoms with van der Waals surface area (Å²) >= 11 is 0. The lowest BCUT2D eigenvalue weighted by Gasteiger charge is -1.96. The first kappa shape index (κ1) is 8.49. The summed E-state index contributed by atoms with van der Waals surface area (Å²) in [5, 5.41) is 0. The van der Waals surface area contributed by atoms with Crippen LogP contribution in [-0.4, -0.2) is 6.29 Å². The zero-order valence-electron chi connectivity index (χ0n) is 7.81. The molecule has 1 fully saturated rings. The van der Waals surface area contributed by atoms with Gasteiger partial charge in [0, 0.05) is 5.92 Å². The van der Waals surface area contributed by atoms with E-state index in [1.54, 1.807) is 0 Å². The van der Waals surface area contributed by atoms with Crippen molar-refractivity contribution in [1.82, 2.24) is 0 Å². The summed E-state index contributed by atoms with van der Waals surface area (Å²) in [4.78, 5) is 10.7. The Hall–Kier alpha value is -1.11. The van der Waals surface area contributed by atoms with Crippen molar-refractivity contribution in [1.29, 1.82) is 0 Å². The molecule has 2 rings (SSSR count). The molecular formula is C12H14O. The quantitative estimate of drug-likeness (QED) is 0.644. The normalized spacial score (nSPS) is 31.3. The van der Waals surface area contributed by atoms with Crippen LogP contribution in [0.1, 0.15) is 24.8 Å². The highest BCUT2D eigenvalue weighted by molar-refractivity contribution is 5.62. The molecule has 0 saturated heterocycles. The predicted octanol–water partition coefficient (Wildman–Crippen LogP) is 2.63. The minimum absolute atomic E-state index is 0.285. The van der Waals surface area contributed by atoms with Gasteiger partial charge in [-0.15, -0.1) is 0 Å². The van der Waals surface area contributed by atoms with Crippen molar-refractivity contribution in [2.75, 3.05) is 0 Å². The molecule has 3 atom stereocenters. The molecule has 0 amide bonds. The topological polar surface area (TPSA) is 17.1 Å². The molecular weight excluding hydrogens is 160 g/mol. The molecule has 0 heterocycles. The maximum absolute atomic E-state index is 10.7. The summed E-state index contributed by atoms with van der Waals surface area (Å²) in [6.45, 7) is 2.16. The Kier molecular flexibility index (Phi) is 2.17. The van der Waals surface area contributed by atoms with E-state index in [2.05, 4.69) is 19.1 Å². The van der Waals surface area contributed by atoms with Crippen molar-refractivity contribution in [3.63, 3.8) is 0 Å². The lowest BCUT2D eigenvalue weighted by molar-refractivity contribution is -0.109. The van der Waals surface area contributed by atoms with Crippen molar-refractivity contribution in [2.24, 2.45) is 11.8 Å². The SMILES string of the molecule is CC[C@H]1[C@H](C=O)[C@H]1c1ccccc1. The first-order valence-corrected chi connectivity index (χ1v) is 4.88. The van der Waals surface area contributed by atoms with Gasteiger partial charge in [-0.25, -0.2) is 0 Å². The van der Waals surface area contributed by atoms with Gasteiger partial charge in [-0.3, -0.25) is 0 Å². The number of hydrogen-bond acceptors (Lipinski definition) is 1. The van der Waals surface area contributed by atoms with E-state index in [9.17, 15) is 4.79 Å². The van der Waals surface area contributed by atoms with Gasteiger partial charge >= 0.3 is 0 Å². The molecule has 68 valence electrons. The fraction of sp³-hybridized carbons (Fsp3) is 0.417. The highest BCUT2D eigenvalue weighted by Gasteiger charge is 2.49. The standard InChI is InChI=1S/C12H14O/c1-2-10-11(8-13)12(10)9-6-4-3-5-7-9/h3-8,10-12H,2H2,1H3/t10-,11-,12-/m0/s1. The van der Waals surface area contributed by atoms with Crippen molar-refractivity contribution in [3.05, 3.63) is 35.9 Å². The lowest BCUT2D eigenvalue weighted by Crippen LogP contribution is -1.82. The molecule has 0 unspecified atom stereocenters. The van der Waals surface area contributed by atoms with Crippen molar-refractivity contribution >= 4 is 6.29 Å². The van der Waals surface area contributed by atoms with E-state index in [0.29, 0.717) is 11.8 Å². The summed E-state index contributed by atoms with van der Waals surface area (Å²) in [5.41, 5.74) is 1.33. The zero-order chi connectivity index (χ0) is 9.26. The molecule has 1 aromatic carbocycles. The summed E-state index contributed by atoms with van der Waals surface area (Å²) in [6.07, 6.45) is 2.23. The van der Waals surface area contributed by atoms with Gasteiger partial charge in [0.25, 0.3) is 0 Å². The van der Waals surface area contributed by atoms with Crippen LogP contribution in [0, 0.1) is 11.8 Å². The third-order valence-corrected chi connectivity index (χ3v) is 3.04. The molecule has 1 saturated carbocycles. The Bertz CT molecular complexity index is 291. The van der Waals surface area contributed by atoms with Crippen LogP contribution in [0.4, 0.5) is 0 Å². The van der Waals surface area contributed by atoms with E-state index >= 15 is 0 Å². The maximum Gasteiger partial charge on any atom is 0.123 e. The molecule has 0 aliphatic heterocycles. The number of hydrogen-bond donors (Lipinski definition) is 0. The van der Waals surface area contributed by atoms with Crippen molar-refractivity contribution < 1.29 is 4.79 Å². The fourth-order valence-electron chi connectivity index (χ4n) is 2.26.